The van der Waals surface area contributed by atoms with Crippen molar-refractivity contribution in [3.05, 3.63) is 35.0 Å². The lowest BCUT2D eigenvalue weighted by Crippen LogP contribution is -2.34. The molecule has 0 aromatic carbocycles. The van der Waals surface area contributed by atoms with E-state index in [-0.39, 0.29) is 11.7 Å². The van der Waals surface area contributed by atoms with E-state index >= 15 is 0 Å². The predicted molar refractivity (Wildman–Crippen MR) is 87.0 cm³/mol. The molecule has 1 saturated heterocycles. The largest absolute Gasteiger partial charge is 0.444 e. The number of hydrogen-bond donors (Lipinski definition) is 1. The average molecular weight is 365 g/mol. The molecule has 2 aromatic heterocycles. The molecule has 1 N–H and O–H groups in total. The summed E-state index contributed by atoms with van der Waals surface area (Å²) >= 11 is 3.17. The van der Waals surface area contributed by atoms with Crippen LogP contribution in [0.5, 0.6) is 0 Å². The van der Waals surface area contributed by atoms with E-state index < -0.39 is 0 Å². The summed E-state index contributed by atoms with van der Waals surface area (Å²) in [7, 11) is 0. The Kier molecular flexibility index (Phi) is 4.42. The van der Waals surface area contributed by atoms with Crippen molar-refractivity contribution in [3.63, 3.8) is 0 Å². The zero-order chi connectivity index (χ0) is 15.5. The fourth-order valence-electron chi connectivity index (χ4n) is 2.39. The van der Waals surface area contributed by atoms with Crippen LogP contribution < -0.4 is 10.2 Å². The van der Waals surface area contributed by atoms with Gasteiger partial charge in [0.2, 0.25) is 5.95 Å². The first-order valence-electron chi connectivity index (χ1n) is 7.25. The summed E-state index contributed by atoms with van der Waals surface area (Å²) in [5.74, 6) is 1.39. The molecule has 1 amide bonds. The molecule has 22 heavy (non-hydrogen) atoms. The summed E-state index contributed by atoms with van der Waals surface area (Å²) in [5, 5.41) is 2.71. The number of halogens is 1. The third-order valence-electron chi connectivity index (χ3n) is 3.76. The Labute approximate surface area is 137 Å². The maximum Gasteiger partial charge on any atom is 0.291 e. The van der Waals surface area contributed by atoms with Crippen LogP contribution >= 0.6 is 15.9 Å². The molecule has 116 valence electrons. The lowest BCUT2D eigenvalue weighted by molar-refractivity contribution is 0.0995. The molecule has 6 nitrogen and oxygen atoms in total. The van der Waals surface area contributed by atoms with Crippen LogP contribution in [0, 0.1) is 5.92 Å². The molecule has 3 rings (SSSR count). The second kappa shape index (κ2) is 6.48. The van der Waals surface area contributed by atoms with E-state index in [0.29, 0.717) is 16.3 Å². The molecule has 2 aromatic rings. The Balaban J connectivity index is 1.63. The highest BCUT2D eigenvalue weighted by molar-refractivity contribution is 9.10. The van der Waals surface area contributed by atoms with Crippen LogP contribution in [0.4, 0.5) is 11.6 Å². The van der Waals surface area contributed by atoms with Crippen LogP contribution in [0.3, 0.4) is 0 Å². The lowest BCUT2D eigenvalue weighted by Gasteiger charge is -2.30. The number of aromatic nitrogens is 2. The van der Waals surface area contributed by atoms with Gasteiger partial charge < -0.3 is 14.6 Å². The molecule has 0 bridgehead atoms. The van der Waals surface area contributed by atoms with Crippen LogP contribution in [0.25, 0.3) is 0 Å². The first-order valence-corrected chi connectivity index (χ1v) is 8.05. The topological polar surface area (TPSA) is 71.3 Å². The summed E-state index contributed by atoms with van der Waals surface area (Å²) in [6.07, 6.45) is 5.57. The molecule has 1 aliphatic heterocycles. The minimum Gasteiger partial charge on any atom is -0.444 e. The second-order valence-corrected chi connectivity index (χ2v) is 6.28. The second-order valence-electron chi connectivity index (χ2n) is 5.50. The number of carbonyl (C=O) groups excluding carboxylic acids is 1. The summed E-state index contributed by atoms with van der Waals surface area (Å²) in [4.78, 5) is 22.8. The molecule has 1 aliphatic rings. The van der Waals surface area contributed by atoms with Gasteiger partial charge in [-0.2, -0.15) is 0 Å². The number of rotatable bonds is 3. The van der Waals surface area contributed by atoms with E-state index in [1.807, 2.05) is 0 Å². The van der Waals surface area contributed by atoms with E-state index in [9.17, 15) is 4.79 Å². The Morgan fingerprint density at radius 3 is 2.59 bits per heavy atom. The Hall–Kier alpha value is -1.89. The highest BCUT2D eigenvalue weighted by atomic mass is 79.9. The first kappa shape index (κ1) is 15.0. The maximum absolute atomic E-state index is 12.0. The van der Waals surface area contributed by atoms with Gasteiger partial charge in [0.25, 0.3) is 5.91 Å². The SMILES string of the molecule is CC1CCN(c2ncc(NC(=O)c3ccc(Br)o3)cn2)CC1. The van der Waals surface area contributed by atoms with E-state index in [0.717, 1.165) is 31.8 Å². The van der Waals surface area contributed by atoms with Crippen molar-refractivity contribution in [2.75, 3.05) is 23.3 Å². The van der Waals surface area contributed by atoms with Crippen LogP contribution in [0.2, 0.25) is 0 Å². The van der Waals surface area contributed by atoms with Crippen LogP contribution in [-0.4, -0.2) is 29.0 Å². The van der Waals surface area contributed by atoms with Gasteiger partial charge in [-0.05, 0) is 46.8 Å². The van der Waals surface area contributed by atoms with Gasteiger partial charge in [0, 0.05) is 13.1 Å². The predicted octanol–water partition coefficient (Wildman–Crippen LogP) is 3.32. The molecular formula is C15H17BrN4O2. The van der Waals surface area contributed by atoms with E-state index in [1.165, 1.54) is 0 Å². The molecule has 7 heteroatoms. The minimum absolute atomic E-state index is 0.237. The number of furan rings is 1. The van der Waals surface area contributed by atoms with Crippen LogP contribution in [-0.2, 0) is 0 Å². The monoisotopic (exact) mass is 364 g/mol. The molecule has 0 spiro atoms. The number of piperidine rings is 1. The molecule has 3 heterocycles. The number of nitrogens with zero attached hydrogens (tertiary/aromatic N) is 3. The molecule has 0 radical (unpaired) electrons. The van der Waals surface area contributed by atoms with Gasteiger partial charge in [0.05, 0.1) is 18.1 Å². The highest BCUT2D eigenvalue weighted by Crippen LogP contribution is 2.20. The van der Waals surface area contributed by atoms with Crippen molar-refractivity contribution >= 4 is 33.5 Å². The van der Waals surface area contributed by atoms with Gasteiger partial charge in [-0.1, -0.05) is 6.92 Å². The van der Waals surface area contributed by atoms with Crippen molar-refractivity contribution in [2.45, 2.75) is 19.8 Å². The number of hydrogen-bond acceptors (Lipinski definition) is 5. The Morgan fingerprint density at radius 1 is 1.32 bits per heavy atom. The van der Waals surface area contributed by atoms with Gasteiger partial charge in [0.15, 0.2) is 10.4 Å². The smallest absolute Gasteiger partial charge is 0.291 e. The van der Waals surface area contributed by atoms with Crippen molar-refractivity contribution in [2.24, 2.45) is 5.92 Å². The molecule has 1 fully saturated rings. The lowest BCUT2D eigenvalue weighted by atomic mass is 10.00. The van der Waals surface area contributed by atoms with Crippen molar-refractivity contribution in [3.8, 4) is 0 Å². The Bertz CT molecular complexity index is 648. The van der Waals surface area contributed by atoms with Crippen LogP contribution in [0.1, 0.15) is 30.3 Å². The first-order chi connectivity index (χ1) is 10.6. The summed E-state index contributed by atoms with van der Waals surface area (Å²) in [6, 6.07) is 3.27. The quantitative estimate of drug-likeness (QED) is 0.904. The Morgan fingerprint density at radius 2 is 2.00 bits per heavy atom. The van der Waals surface area contributed by atoms with Gasteiger partial charge in [-0.25, -0.2) is 9.97 Å². The van der Waals surface area contributed by atoms with E-state index in [4.69, 9.17) is 4.42 Å². The fraction of sp³-hybridized carbons (Fsp3) is 0.400. The number of anilines is 2. The minimum atomic E-state index is -0.325. The number of carbonyl (C=O) groups is 1. The molecule has 0 saturated carbocycles. The third kappa shape index (κ3) is 3.47. The van der Waals surface area contributed by atoms with Gasteiger partial charge in [-0.3, -0.25) is 4.79 Å². The zero-order valence-corrected chi connectivity index (χ0v) is 13.8. The van der Waals surface area contributed by atoms with Crippen molar-refractivity contribution in [1.82, 2.24) is 9.97 Å². The summed E-state index contributed by atoms with van der Waals surface area (Å²) in [5.41, 5.74) is 0.548. The van der Waals surface area contributed by atoms with Gasteiger partial charge >= 0.3 is 0 Å². The standard InChI is InChI=1S/C15H17BrN4O2/c1-10-4-6-20(7-5-10)15-17-8-11(9-18-15)19-14(21)12-2-3-13(16)22-12/h2-3,8-10H,4-7H2,1H3,(H,19,21). The van der Waals surface area contributed by atoms with E-state index in [1.54, 1.807) is 24.5 Å². The maximum atomic E-state index is 12.0. The molecule has 0 unspecified atom stereocenters. The third-order valence-corrected chi connectivity index (χ3v) is 4.19. The number of nitrogens with one attached hydrogen (secondary N) is 1. The van der Waals surface area contributed by atoms with E-state index in [2.05, 4.69) is 43.0 Å². The molecule has 0 aliphatic carbocycles. The van der Waals surface area contributed by atoms with Crippen molar-refractivity contribution in [1.29, 1.82) is 0 Å². The van der Waals surface area contributed by atoms with Gasteiger partial charge in [-0.15, -0.1) is 0 Å². The van der Waals surface area contributed by atoms with Gasteiger partial charge in [0.1, 0.15) is 0 Å². The fourth-order valence-corrected chi connectivity index (χ4v) is 2.69. The summed E-state index contributed by atoms with van der Waals surface area (Å²) in [6.45, 7) is 4.23. The van der Waals surface area contributed by atoms with Crippen molar-refractivity contribution < 1.29 is 9.21 Å². The molecular weight excluding hydrogens is 348 g/mol. The molecule has 0 atom stereocenters. The number of amides is 1. The zero-order valence-electron chi connectivity index (χ0n) is 12.3. The highest BCUT2D eigenvalue weighted by Gasteiger charge is 2.18. The average Bonchev–Trinajstić information content (AvgIpc) is 2.96. The summed E-state index contributed by atoms with van der Waals surface area (Å²) < 4.78 is 5.72. The van der Waals surface area contributed by atoms with Crippen LogP contribution in [0.15, 0.2) is 33.6 Å². The normalized spacial score (nSPS) is 15.8.